The second-order valence-electron chi connectivity index (χ2n) is 18.8. The molecule has 8 rings (SSSR count). The van der Waals surface area contributed by atoms with E-state index in [0.29, 0.717) is 25.7 Å². The fourth-order valence-corrected chi connectivity index (χ4v) is 6.75. The Balaban J connectivity index is -0.0000000127. The second kappa shape index (κ2) is 232. The van der Waals surface area contributed by atoms with Crippen molar-refractivity contribution in [2.45, 2.75) is 101 Å². The largest absolute Gasteiger partial charge is 2.00 e. The van der Waals surface area contributed by atoms with Crippen LogP contribution in [0.4, 0.5) is 0 Å². The summed E-state index contributed by atoms with van der Waals surface area (Å²) in [6.07, 6.45) is 23.1. The van der Waals surface area contributed by atoms with Crippen molar-refractivity contribution >= 4 is 23.9 Å². The third kappa shape index (κ3) is 181. The first-order valence-electron chi connectivity index (χ1n) is 28.9. The molecular formula is C64H116Cu4N16O46V8-40. The Bertz CT molecular complexity index is 2540. The average Bonchev–Trinajstić information content (AvgIpc) is 0.906. The fourth-order valence-electron chi connectivity index (χ4n) is 6.75. The number of pyridine rings is 8. The molecule has 138 heavy (non-hydrogen) atoms. The van der Waals surface area contributed by atoms with E-state index < -0.39 is 48.0 Å². The number of aliphatic carboxylic acids is 4. The maximum atomic E-state index is 10.0. The first kappa shape index (κ1) is 336. The SMILES string of the molecule is N[C@@H](CCCC[NH3+])C(=O)[O-].N[C@@H](CCCC[NH3+])C(=O)[O-].N[C@H](CCCC[NH3+])C(=O)[O-].N[C@H](CCCC[NH3+])C(=O)[O-].O.O.O.O.O.O.O.O.O.O.O.O.O.O.[Cu+2].[Cu+2].[Cu+2].[Cu+2].[O-2].[O-2].[O-2].[O-2].[O-2].[O-2].[O-2].[O-2].[O-2].[O-2].[O-2].[O-2].[O-2].[O-2].[O-2].[O-2].[O-2].[O-2].[O-2].[O-2].[O-2].[O-2].[O-2].[O-2].[V].[V].[V].[V].[V].[V].[V].[V].c1ccc(-c2ccccn2)nc1.c1ccc(-c2ccccn2)nc1.c1ccc(-c2ccccn2)nc1.c1ccc(-c2ccccn2)nc1. The van der Waals surface area contributed by atoms with Gasteiger partial charge in [-0.1, -0.05) is 48.5 Å². The molecule has 8 aromatic rings. The quantitative estimate of drug-likeness (QED) is 0.0206. The summed E-state index contributed by atoms with van der Waals surface area (Å²) < 4.78 is 0. The Hall–Kier alpha value is -4.01. The summed E-state index contributed by atoms with van der Waals surface area (Å²) in [5.41, 5.74) is 42.5. The number of quaternary nitrogens is 4. The van der Waals surface area contributed by atoms with Gasteiger partial charge in [-0.25, -0.2) is 0 Å². The van der Waals surface area contributed by atoms with Crippen LogP contribution in [0, 0.1) is 0 Å². The standard InChI is InChI=1S/4C10H8N2.4C6H14N2O2.4Cu.14H2O.24O.8V/c4*1-3-7-11-9(5-1)10-6-2-4-8-12-10;4*7-4-2-1-3-5(8)6(9)10;;;;;;;;;;;;;;;;;;;;;;;;;;;;;;;;;;;;;;;;;;;;;;;;;;/h4*1-8H;4*5H,1-4,7-8H2,(H,9,10);;;;;14*1H2;;;;;;;;;;;;;;;;;;;;;;;;;;;;;;;;/q;;;;;;;;4*+2;;;;;;;;;;;;;;;24*-2;;;;;;;;/t;;;;4*5-;;;;;;;;;;;;;;;;;;;;;;;;;;;;;;;;;;;;;;;;;;;;;;;;;;/m....1100................................................../s1. The summed E-state index contributed by atoms with van der Waals surface area (Å²) in [6, 6.07) is 43.2. The molecule has 48 N–H and O–H groups in total. The molecule has 0 amide bonds. The van der Waals surface area contributed by atoms with Gasteiger partial charge in [0.1, 0.15) is 0 Å². The molecule has 852 valence electrons. The van der Waals surface area contributed by atoms with Crippen LogP contribution in [0.3, 0.4) is 0 Å². The van der Waals surface area contributed by atoms with Gasteiger partial charge in [-0.15, -0.1) is 0 Å². The summed E-state index contributed by atoms with van der Waals surface area (Å²) in [7, 11) is 0. The van der Waals surface area contributed by atoms with Gasteiger partial charge >= 0.3 is 68.3 Å². The molecule has 0 saturated carbocycles. The van der Waals surface area contributed by atoms with Crippen LogP contribution in [0.25, 0.3) is 45.6 Å². The van der Waals surface area contributed by atoms with Crippen LogP contribution in [-0.2, 0) is 367 Å². The third-order valence-corrected chi connectivity index (χ3v) is 11.6. The molecule has 0 aliphatic rings. The van der Waals surface area contributed by atoms with Gasteiger partial charge in [-0.05, 0) is 174 Å². The van der Waals surface area contributed by atoms with Crippen LogP contribution in [0.15, 0.2) is 195 Å². The predicted octanol–water partition coefficient (Wildman–Crippen LogP) is -15.9. The van der Waals surface area contributed by atoms with Crippen LogP contribution < -0.4 is 66.3 Å². The van der Waals surface area contributed by atoms with E-state index in [9.17, 15) is 39.6 Å². The van der Waals surface area contributed by atoms with Gasteiger partial charge in [0.15, 0.2) is 0 Å². The molecule has 0 aliphatic heterocycles. The molecule has 0 aromatic carbocycles. The number of hydrogen-bond acceptors (Lipinski definition) is 20. The van der Waals surface area contributed by atoms with E-state index in [1.807, 2.05) is 146 Å². The Morgan fingerprint density at radius 3 is 0.348 bits per heavy atom. The molecule has 12 radical (unpaired) electrons. The van der Waals surface area contributed by atoms with Crippen LogP contribution in [0.2, 0.25) is 0 Å². The van der Waals surface area contributed by atoms with Crippen molar-refractivity contribution in [3.63, 3.8) is 0 Å². The van der Waals surface area contributed by atoms with Gasteiger partial charge in [0, 0.05) is 222 Å². The van der Waals surface area contributed by atoms with Crippen molar-refractivity contribution in [3.05, 3.63) is 195 Å². The number of nitrogens with zero attached hydrogens (tertiary/aromatic N) is 8. The van der Waals surface area contributed by atoms with E-state index in [1.165, 1.54) is 0 Å². The molecule has 0 fully saturated rings. The number of unbranched alkanes of at least 4 members (excludes halogenated alkanes) is 4. The van der Waals surface area contributed by atoms with E-state index in [1.54, 1.807) is 49.6 Å². The van der Waals surface area contributed by atoms with Crippen molar-refractivity contribution in [1.29, 1.82) is 0 Å². The minimum absolute atomic E-state index is 0. The van der Waals surface area contributed by atoms with Crippen LogP contribution in [0.1, 0.15) is 77.0 Å². The summed E-state index contributed by atoms with van der Waals surface area (Å²) in [4.78, 5) is 73.7. The van der Waals surface area contributed by atoms with E-state index in [2.05, 4.69) is 62.8 Å². The molecule has 62 nitrogen and oxygen atoms in total. The number of carbonyl (C=O) groups is 4. The van der Waals surface area contributed by atoms with Gasteiger partial charge in [0.25, 0.3) is 0 Å². The fraction of sp³-hybridized carbons (Fsp3) is 0.312. The van der Waals surface area contributed by atoms with Crippen LogP contribution >= 0.6 is 0 Å². The third-order valence-electron chi connectivity index (χ3n) is 11.6. The maximum Gasteiger partial charge on any atom is 2.00 e. The number of carboxylic acids is 4. The number of aromatic nitrogens is 8. The molecule has 4 atom stereocenters. The molecule has 0 unspecified atom stereocenters. The van der Waals surface area contributed by atoms with E-state index >= 15 is 0 Å². The topological polar surface area (TPSA) is 1600 Å². The van der Waals surface area contributed by atoms with Gasteiger partial charge in [-0.2, -0.15) is 0 Å². The number of carboxylic acid groups (broad SMARTS) is 4. The first-order chi connectivity index (χ1) is 42.6. The molecule has 0 bridgehead atoms. The Morgan fingerprint density at radius 1 is 0.203 bits per heavy atom. The van der Waals surface area contributed by atoms with Crippen molar-refractivity contribution in [1.82, 2.24) is 39.9 Å². The zero-order chi connectivity index (χ0) is 64.8. The summed E-state index contributed by atoms with van der Waals surface area (Å²) in [5, 5.41) is 40.2. The summed E-state index contributed by atoms with van der Waals surface area (Å²) >= 11 is 0. The van der Waals surface area contributed by atoms with Gasteiger partial charge in [0.05, 0.1) is 95.6 Å². The van der Waals surface area contributed by atoms with Crippen molar-refractivity contribution in [2.75, 3.05) is 26.2 Å². The van der Waals surface area contributed by atoms with Crippen LogP contribution in [0.5, 0.6) is 0 Å². The van der Waals surface area contributed by atoms with E-state index in [0.717, 1.165) is 123 Å². The number of carbonyl (C=O) groups excluding carboxylic acids is 4. The zero-order valence-corrected chi connectivity index (χ0v) is 86.6. The molecule has 0 saturated heterocycles. The minimum Gasteiger partial charge on any atom is -2.00 e. The van der Waals surface area contributed by atoms with Crippen molar-refractivity contribution < 1.29 is 487 Å². The van der Waals surface area contributed by atoms with E-state index in [-0.39, 0.29) is 425 Å². The van der Waals surface area contributed by atoms with Gasteiger partial charge in [-0.3, -0.25) is 39.9 Å². The van der Waals surface area contributed by atoms with Crippen molar-refractivity contribution in [3.8, 4) is 45.6 Å². The average molecular weight is 2510 g/mol. The van der Waals surface area contributed by atoms with E-state index in [4.69, 9.17) is 22.9 Å². The van der Waals surface area contributed by atoms with Gasteiger partial charge < -0.3 is 294 Å². The minimum atomic E-state index is -1.16. The molecule has 74 heteroatoms. The van der Waals surface area contributed by atoms with Gasteiger partial charge in [0.2, 0.25) is 0 Å². The number of hydrogen-bond donors (Lipinski definition) is 8. The molecule has 0 spiro atoms. The Labute approximate surface area is 934 Å². The smallest absolute Gasteiger partial charge is 2.00 e. The summed E-state index contributed by atoms with van der Waals surface area (Å²) in [6.45, 7) is 3.33. The molecule has 8 aromatic heterocycles. The summed E-state index contributed by atoms with van der Waals surface area (Å²) in [5.74, 6) is -4.65. The zero-order valence-electron chi connectivity index (χ0n) is 71.7. The van der Waals surface area contributed by atoms with Crippen LogP contribution in [-0.4, -0.2) is 191 Å². The number of rotatable bonds is 24. The first-order valence-corrected chi connectivity index (χ1v) is 28.9. The maximum absolute atomic E-state index is 10.0. The number of nitrogens with two attached hydrogens (primary N) is 4. The predicted molar refractivity (Wildman–Crippen MR) is 395 cm³/mol. The monoisotopic (exact) mass is 2500 g/mol. The normalized spacial score (nSPS) is 7.13. The molecular weight excluding hydrogens is 2390 g/mol. The molecule has 0 aliphatic carbocycles. The Morgan fingerprint density at radius 2 is 0.290 bits per heavy atom. The molecule has 8 heterocycles. The second-order valence-corrected chi connectivity index (χ2v) is 18.8. The Kier molecular flexibility index (Phi) is 564. The van der Waals surface area contributed by atoms with Crippen molar-refractivity contribution in [2.24, 2.45) is 22.9 Å².